The second kappa shape index (κ2) is 4.40. The summed E-state index contributed by atoms with van der Waals surface area (Å²) in [5.41, 5.74) is 1.78. The van der Waals surface area contributed by atoms with Crippen molar-refractivity contribution in [1.29, 1.82) is 5.41 Å². The number of hydrogen-bond acceptors (Lipinski definition) is 4. The molecule has 0 aromatic heterocycles. The lowest BCUT2D eigenvalue weighted by Crippen LogP contribution is -2.37. The van der Waals surface area contributed by atoms with E-state index in [4.69, 9.17) is 17.0 Å². The molecule has 0 aliphatic carbocycles. The van der Waals surface area contributed by atoms with Gasteiger partial charge in [-0.15, -0.1) is 0 Å². The number of benzene rings is 1. The van der Waals surface area contributed by atoms with Crippen LogP contribution in [0.5, 0.6) is 0 Å². The van der Waals surface area contributed by atoms with Crippen LogP contribution in [0.3, 0.4) is 0 Å². The predicted molar refractivity (Wildman–Crippen MR) is 80.2 cm³/mol. The molecule has 3 rings (SSSR count). The van der Waals surface area contributed by atoms with Gasteiger partial charge in [-0.1, -0.05) is 29.4 Å². The summed E-state index contributed by atoms with van der Waals surface area (Å²) in [6, 6.07) is 5.45. The Morgan fingerprint density at radius 1 is 1.42 bits per heavy atom. The number of hydrogen-bond donors (Lipinski definition) is 1. The van der Waals surface area contributed by atoms with Crippen LogP contribution in [0.25, 0.3) is 0 Å². The van der Waals surface area contributed by atoms with Crippen molar-refractivity contribution in [2.24, 2.45) is 0 Å². The third-order valence-corrected chi connectivity index (χ3v) is 7.06. The van der Waals surface area contributed by atoms with E-state index in [1.165, 1.54) is 11.8 Å². The number of fused-ring (bicyclic) bond motifs is 1. The SMILES string of the molecule is Cc1ccc(N2C(=N)SC3CS(=O)(=O)CC32)cc1Cl. The van der Waals surface area contributed by atoms with Gasteiger partial charge in [0.25, 0.3) is 0 Å². The topological polar surface area (TPSA) is 61.2 Å². The van der Waals surface area contributed by atoms with Gasteiger partial charge in [0.05, 0.1) is 17.5 Å². The first-order valence-electron chi connectivity index (χ1n) is 5.88. The molecule has 4 nitrogen and oxygen atoms in total. The van der Waals surface area contributed by atoms with Crippen molar-refractivity contribution in [1.82, 2.24) is 0 Å². The highest BCUT2D eigenvalue weighted by molar-refractivity contribution is 8.15. The summed E-state index contributed by atoms with van der Waals surface area (Å²) in [4.78, 5) is 1.80. The summed E-state index contributed by atoms with van der Waals surface area (Å²) in [7, 11) is -2.98. The molecule has 7 heteroatoms. The molecule has 19 heavy (non-hydrogen) atoms. The Morgan fingerprint density at radius 3 is 2.84 bits per heavy atom. The molecule has 0 amide bonds. The zero-order valence-corrected chi connectivity index (χ0v) is 12.6. The van der Waals surface area contributed by atoms with Crippen LogP contribution in [0.15, 0.2) is 18.2 Å². The third kappa shape index (κ3) is 2.26. The molecule has 2 heterocycles. The minimum atomic E-state index is -2.98. The number of halogens is 1. The highest BCUT2D eigenvalue weighted by atomic mass is 35.5. The molecule has 1 N–H and O–H groups in total. The lowest BCUT2D eigenvalue weighted by molar-refractivity contribution is 0.601. The van der Waals surface area contributed by atoms with Crippen molar-refractivity contribution < 1.29 is 8.42 Å². The lowest BCUT2D eigenvalue weighted by Gasteiger charge is -2.24. The van der Waals surface area contributed by atoms with E-state index in [1.807, 2.05) is 19.1 Å². The largest absolute Gasteiger partial charge is 0.316 e. The van der Waals surface area contributed by atoms with Gasteiger partial charge in [0.1, 0.15) is 0 Å². The second-order valence-corrected chi connectivity index (χ2v) is 8.70. The van der Waals surface area contributed by atoms with Crippen LogP contribution in [-0.4, -0.2) is 36.4 Å². The van der Waals surface area contributed by atoms with Crippen molar-refractivity contribution in [2.45, 2.75) is 18.2 Å². The van der Waals surface area contributed by atoms with Crippen molar-refractivity contribution in [3.63, 3.8) is 0 Å². The highest BCUT2D eigenvalue weighted by Gasteiger charge is 2.48. The van der Waals surface area contributed by atoms with Crippen LogP contribution < -0.4 is 4.90 Å². The van der Waals surface area contributed by atoms with Gasteiger partial charge >= 0.3 is 0 Å². The Morgan fingerprint density at radius 2 is 2.16 bits per heavy atom. The molecule has 0 saturated carbocycles. The highest BCUT2D eigenvalue weighted by Crippen LogP contribution is 2.40. The quantitative estimate of drug-likeness (QED) is 0.863. The zero-order valence-electron chi connectivity index (χ0n) is 10.3. The van der Waals surface area contributed by atoms with Crippen LogP contribution in [0.1, 0.15) is 5.56 Å². The Balaban J connectivity index is 1.99. The van der Waals surface area contributed by atoms with Gasteiger partial charge in [0.15, 0.2) is 15.0 Å². The molecule has 0 spiro atoms. The first-order valence-corrected chi connectivity index (χ1v) is 8.96. The standard InChI is InChI=1S/C12H13ClN2O2S2/c1-7-2-3-8(4-9(7)13)15-10-5-19(16,17)6-11(10)18-12(15)14/h2-4,10-11,14H,5-6H2,1H3. The Bertz CT molecular complexity index is 660. The Labute approximate surface area is 121 Å². The number of anilines is 1. The maximum Gasteiger partial charge on any atom is 0.161 e. The van der Waals surface area contributed by atoms with E-state index in [9.17, 15) is 8.42 Å². The monoisotopic (exact) mass is 316 g/mol. The molecule has 102 valence electrons. The lowest BCUT2D eigenvalue weighted by atomic mass is 10.1. The second-order valence-electron chi connectivity index (χ2n) is 4.91. The maximum atomic E-state index is 11.7. The van der Waals surface area contributed by atoms with Crippen molar-refractivity contribution in [2.75, 3.05) is 16.4 Å². The number of nitrogens with zero attached hydrogens (tertiary/aromatic N) is 1. The molecule has 2 fully saturated rings. The average molecular weight is 317 g/mol. The maximum absolute atomic E-state index is 11.7. The molecule has 2 saturated heterocycles. The van der Waals surface area contributed by atoms with E-state index in [0.29, 0.717) is 10.2 Å². The minimum Gasteiger partial charge on any atom is -0.316 e. The van der Waals surface area contributed by atoms with Crippen LogP contribution in [0.2, 0.25) is 5.02 Å². The van der Waals surface area contributed by atoms with Gasteiger partial charge in [-0.2, -0.15) is 0 Å². The molecular weight excluding hydrogens is 304 g/mol. The van der Waals surface area contributed by atoms with E-state index in [2.05, 4.69) is 0 Å². The summed E-state index contributed by atoms with van der Waals surface area (Å²) in [6.07, 6.45) is 0. The van der Waals surface area contributed by atoms with E-state index in [-0.39, 0.29) is 22.8 Å². The van der Waals surface area contributed by atoms with Gasteiger partial charge in [-0.3, -0.25) is 5.41 Å². The van der Waals surface area contributed by atoms with E-state index >= 15 is 0 Å². The molecular formula is C12H13ClN2O2S2. The number of sulfone groups is 1. The van der Waals surface area contributed by atoms with Gasteiger partial charge in [0.2, 0.25) is 0 Å². The fraction of sp³-hybridized carbons (Fsp3) is 0.417. The normalized spacial score (nSPS) is 28.7. The molecule has 1 aromatic carbocycles. The number of rotatable bonds is 1. The third-order valence-electron chi connectivity index (χ3n) is 3.52. The molecule has 1 aromatic rings. The zero-order chi connectivity index (χ0) is 13.8. The summed E-state index contributed by atoms with van der Waals surface area (Å²) in [5, 5.41) is 9.06. The Kier molecular flexibility index (Phi) is 3.07. The Hall–Kier alpha value is -0.720. The van der Waals surface area contributed by atoms with Gasteiger partial charge in [-0.05, 0) is 24.6 Å². The number of aryl methyl sites for hydroxylation is 1. The molecule has 2 unspecified atom stereocenters. The van der Waals surface area contributed by atoms with Gasteiger partial charge < -0.3 is 4.90 Å². The first-order chi connectivity index (χ1) is 8.87. The molecule has 0 radical (unpaired) electrons. The smallest absolute Gasteiger partial charge is 0.161 e. The number of nitrogens with one attached hydrogen (secondary N) is 1. The van der Waals surface area contributed by atoms with Crippen molar-refractivity contribution in [3.05, 3.63) is 28.8 Å². The van der Waals surface area contributed by atoms with Crippen LogP contribution in [-0.2, 0) is 9.84 Å². The fourth-order valence-electron chi connectivity index (χ4n) is 2.54. The van der Waals surface area contributed by atoms with Crippen LogP contribution in [0.4, 0.5) is 5.69 Å². The summed E-state index contributed by atoms with van der Waals surface area (Å²) < 4.78 is 23.4. The molecule has 0 bridgehead atoms. The van der Waals surface area contributed by atoms with Gasteiger partial charge in [0, 0.05) is 16.0 Å². The fourth-order valence-corrected chi connectivity index (χ4v) is 6.51. The summed E-state index contributed by atoms with van der Waals surface area (Å²) in [5.74, 6) is 0.291. The number of thioether (sulfide) groups is 1. The van der Waals surface area contributed by atoms with Crippen molar-refractivity contribution in [3.8, 4) is 0 Å². The molecule has 2 aliphatic heterocycles. The molecule has 2 atom stereocenters. The van der Waals surface area contributed by atoms with Crippen LogP contribution >= 0.6 is 23.4 Å². The summed E-state index contributed by atoms with van der Waals surface area (Å²) >= 11 is 7.46. The first kappa shape index (κ1) is 13.3. The molecule has 2 aliphatic rings. The predicted octanol–water partition coefficient (Wildman–Crippen LogP) is 2.30. The average Bonchev–Trinajstić information content (AvgIpc) is 2.73. The minimum absolute atomic E-state index is 0.0300. The van der Waals surface area contributed by atoms with Crippen molar-refractivity contribution >= 4 is 44.1 Å². The number of amidine groups is 1. The van der Waals surface area contributed by atoms with E-state index in [0.717, 1.165) is 11.3 Å². The van der Waals surface area contributed by atoms with E-state index < -0.39 is 9.84 Å². The van der Waals surface area contributed by atoms with Crippen LogP contribution in [0, 0.1) is 12.3 Å². The van der Waals surface area contributed by atoms with E-state index in [1.54, 1.807) is 11.0 Å². The summed E-state index contributed by atoms with van der Waals surface area (Å²) in [6.45, 7) is 1.92. The van der Waals surface area contributed by atoms with Gasteiger partial charge in [-0.25, -0.2) is 8.42 Å².